The molecule has 0 saturated heterocycles. The number of H-pyrrole nitrogens is 1. The standard InChI is InChI=1S/C15H19N3O2/c1-16-11-4-2-3-10(7-11)14-9-17-15-6-5-12(18(19)20)8-13(14)15/h5-6,8-11,16-17H,2-4,7H2,1H3/t10-,11-/m0/s1. The number of rotatable bonds is 3. The normalized spacial score (nSPS) is 23.1. The van der Waals surface area contributed by atoms with Gasteiger partial charge in [0.15, 0.2) is 0 Å². The maximum absolute atomic E-state index is 10.9. The third kappa shape index (κ3) is 2.29. The first-order chi connectivity index (χ1) is 9.69. The fourth-order valence-electron chi connectivity index (χ4n) is 3.32. The first kappa shape index (κ1) is 13.1. The van der Waals surface area contributed by atoms with Gasteiger partial charge in [0.05, 0.1) is 4.92 Å². The summed E-state index contributed by atoms with van der Waals surface area (Å²) >= 11 is 0. The summed E-state index contributed by atoms with van der Waals surface area (Å²) in [6.07, 6.45) is 6.71. The van der Waals surface area contributed by atoms with Gasteiger partial charge in [-0.3, -0.25) is 10.1 Å². The van der Waals surface area contributed by atoms with Crippen LogP contribution in [0.5, 0.6) is 0 Å². The lowest BCUT2D eigenvalue weighted by Crippen LogP contribution is -2.30. The van der Waals surface area contributed by atoms with Crippen molar-refractivity contribution in [1.29, 1.82) is 0 Å². The maximum Gasteiger partial charge on any atom is 0.270 e. The van der Waals surface area contributed by atoms with Crippen LogP contribution in [0.4, 0.5) is 5.69 Å². The number of nitro groups is 1. The molecule has 2 N–H and O–H groups in total. The maximum atomic E-state index is 10.9. The molecule has 0 amide bonds. The number of aromatic nitrogens is 1. The molecule has 1 aliphatic rings. The van der Waals surface area contributed by atoms with Crippen LogP contribution in [-0.2, 0) is 0 Å². The molecular weight excluding hydrogens is 254 g/mol. The SMILES string of the molecule is CN[C@H]1CCC[C@H](c2c[nH]c3ccc([N+](=O)[O-])cc23)C1. The number of nitro benzene ring substituents is 1. The molecule has 1 aliphatic carbocycles. The number of non-ortho nitro benzene ring substituents is 1. The molecular formula is C15H19N3O2. The van der Waals surface area contributed by atoms with E-state index in [4.69, 9.17) is 0 Å². The van der Waals surface area contributed by atoms with E-state index in [1.807, 2.05) is 13.2 Å². The summed E-state index contributed by atoms with van der Waals surface area (Å²) < 4.78 is 0. The van der Waals surface area contributed by atoms with Gasteiger partial charge >= 0.3 is 0 Å². The van der Waals surface area contributed by atoms with Gasteiger partial charge in [0, 0.05) is 35.3 Å². The van der Waals surface area contributed by atoms with E-state index < -0.39 is 0 Å². The Bertz CT molecular complexity index is 635. The van der Waals surface area contributed by atoms with Crippen molar-refractivity contribution in [3.05, 3.63) is 40.1 Å². The van der Waals surface area contributed by atoms with Crippen LogP contribution in [0.3, 0.4) is 0 Å². The van der Waals surface area contributed by atoms with Crippen LogP contribution in [0.2, 0.25) is 0 Å². The summed E-state index contributed by atoms with van der Waals surface area (Å²) in [6.45, 7) is 0. The fourth-order valence-corrected chi connectivity index (χ4v) is 3.32. The van der Waals surface area contributed by atoms with Crippen molar-refractivity contribution in [3.8, 4) is 0 Å². The van der Waals surface area contributed by atoms with Crippen LogP contribution in [-0.4, -0.2) is 23.0 Å². The molecule has 1 saturated carbocycles. The molecule has 0 aliphatic heterocycles. The smallest absolute Gasteiger partial charge is 0.270 e. The highest BCUT2D eigenvalue weighted by molar-refractivity contribution is 5.85. The highest BCUT2D eigenvalue weighted by Gasteiger charge is 2.24. The van der Waals surface area contributed by atoms with Crippen molar-refractivity contribution in [3.63, 3.8) is 0 Å². The second kappa shape index (κ2) is 5.25. The second-order valence-corrected chi connectivity index (χ2v) is 5.58. The zero-order valence-electron chi connectivity index (χ0n) is 11.6. The predicted octanol–water partition coefficient (Wildman–Crippen LogP) is 3.32. The van der Waals surface area contributed by atoms with Gasteiger partial charge in [0.25, 0.3) is 5.69 Å². The van der Waals surface area contributed by atoms with Crippen molar-refractivity contribution >= 4 is 16.6 Å². The number of fused-ring (bicyclic) bond motifs is 1. The summed E-state index contributed by atoms with van der Waals surface area (Å²) in [7, 11) is 2.01. The Labute approximate surface area is 117 Å². The van der Waals surface area contributed by atoms with Crippen molar-refractivity contribution in [2.45, 2.75) is 37.6 Å². The first-order valence-electron chi connectivity index (χ1n) is 7.11. The van der Waals surface area contributed by atoms with Crippen molar-refractivity contribution in [1.82, 2.24) is 10.3 Å². The van der Waals surface area contributed by atoms with Gasteiger partial charge in [-0.1, -0.05) is 6.42 Å². The molecule has 1 aromatic carbocycles. The number of benzene rings is 1. The molecule has 5 heteroatoms. The zero-order chi connectivity index (χ0) is 14.1. The molecule has 2 aromatic rings. The highest BCUT2D eigenvalue weighted by atomic mass is 16.6. The Morgan fingerprint density at radius 1 is 1.40 bits per heavy atom. The Balaban J connectivity index is 1.98. The summed E-state index contributed by atoms with van der Waals surface area (Å²) in [5.41, 5.74) is 2.38. The van der Waals surface area contributed by atoms with Gasteiger partial charge in [-0.15, -0.1) is 0 Å². The molecule has 1 aromatic heterocycles. The molecule has 1 heterocycles. The Hall–Kier alpha value is -1.88. The van der Waals surface area contributed by atoms with E-state index in [9.17, 15) is 10.1 Å². The van der Waals surface area contributed by atoms with Crippen molar-refractivity contribution in [2.75, 3.05) is 7.05 Å². The third-order valence-corrected chi connectivity index (χ3v) is 4.43. The van der Waals surface area contributed by atoms with E-state index in [1.165, 1.54) is 18.4 Å². The minimum absolute atomic E-state index is 0.166. The number of aromatic amines is 1. The Morgan fingerprint density at radius 2 is 2.25 bits per heavy atom. The fraction of sp³-hybridized carbons (Fsp3) is 0.467. The minimum atomic E-state index is -0.326. The average Bonchev–Trinajstić information content (AvgIpc) is 2.90. The molecule has 0 radical (unpaired) electrons. The van der Waals surface area contributed by atoms with E-state index in [2.05, 4.69) is 10.3 Å². The van der Waals surface area contributed by atoms with Crippen LogP contribution < -0.4 is 5.32 Å². The summed E-state index contributed by atoms with van der Waals surface area (Å²) in [5, 5.41) is 15.3. The molecule has 106 valence electrons. The molecule has 0 spiro atoms. The quantitative estimate of drug-likeness (QED) is 0.665. The largest absolute Gasteiger partial charge is 0.361 e. The topological polar surface area (TPSA) is 71.0 Å². The Morgan fingerprint density at radius 3 is 3.00 bits per heavy atom. The lowest BCUT2D eigenvalue weighted by Gasteiger charge is -2.28. The van der Waals surface area contributed by atoms with E-state index in [0.717, 1.165) is 23.7 Å². The molecule has 0 bridgehead atoms. The van der Waals surface area contributed by atoms with Crippen LogP contribution in [0.25, 0.3) is 10.9 Å². The molecule has 3 rings (SSSR count). The lowest BCUT2D eigenvalue weighted by atomic mass is 9.81. The highest BCUT2D eigenvalue weighted by Crippen LogP contribution is 2.37. The van der Waals surface area contributed by atoms with E-state index in [-0.39, 0.29) is 10.6 Å². The molecule has 2 atom stereocenters. The van der Waals surface area contributed by atoms with Gasteiger partial charge < -0.3 is 10.3 Å². The molecule has 5 nitrogen and oxygen atoms in total. The van der Waals surface area contributed by atoms with Crippen LogP contribution in [0.15, 0.2) is 24.4 Å². The second-order valence-electron chi connectivity index (χ2n) is 5.58. The third-order valence-electron chi connectivity index (χ3n) is 4.43. The zero-order valence-corrected chi connectivity index (χ0v) is 11.6. The predicted molar refractivity (Wildman–Crippen MR) is 79.0 cm³/mol. The number of nitrogens with one attached hydrogen (secondary N) is 2. The van der Waals surface area contributed by atoms with E-state index in [1.54, 1.807) is 18.2 Å². The van der Waals surface area contributed by atoms with Crippen molar-refractivity contribution < 1.29 is 4.92 Å². The molecule has 20 heavy (non-hydrogen) atoms. The molecule has 1 fully saturated rings. The summed E-state index contributed by atoms with van der Waals surface area (Å²) in [4.78, 5) is 13.9. The van der Waals surface area contributed by atoms with Gasteiger partial charge in [-0.05, 0) is 43.9 Å². The van der Waals surface area contributed by atoms with Gasteiger partial charge in [-0.2, -0.15) is 0 Å². The lowest BCUT2D eigenvalue weighted by molar-refractivity contribution is -0.384. The molecule has 0 unspecified atom stereocenters. The van der Waals surface area contributed by atoms with Crippen LogP contribution >= 0.6 is 0 Å². The van der Waals surface area contributed by atoms with Crippen molar-refractivity contribution in [2.24, 2.45) is 0 Å². The number of hydrogen-bond donors (Lipinski definition) is 2. The van der Waals surface area contributed by atoms with E-state index >= 15 is 0 Å². The average molecular weight is 273 g/mol. The first-order valence-corrected chi connectivity index (χ1v) is 7.11. The number of nitrogens with zero attached hydrogens (tertiary/aromatic N) is 1. The number of hydrogen-bond acceptors (Lipinski definition) is 3. The van der Waals surface area contributed by atoms with Crippen LogP contribution in [0, 0.1) is 10.1 Å². The Kier molecular flexibility index (Phi) is 3.44. The van der Waals surface area contributed by atoms with E-state index in [0.29, 0.717) is 12.0 Å². The summed E-state index contributed by atoms with van der Waals surface area (Å²) in [5.74, 6) is 0.483. The van der Waals surface area contributed by atoms with Crippen LogP contribution in [0.1, 0.15) is 37.2 Å². The van der Waals surface area contributed by atoms with Gasteiger partial charge in [-0.25, -0.2) is 0 Å². The minimum Gasteiger partial charge on any atom is -0.361 e. The summed E-state index contributed by atoms with van der Waals surface area (Å²) in [6, 6.07) is 5.61. The van der Waals surface area contributed by atoms with Gasteiger partial charge in [0.1, 0.15) is 0 Å². The van der Waals surface area contributed by atoms with Gasteiger partial charge in [0.2, 0.25) is 0 Å². The monoisotopic (exact) mass is 273 g/mol.